The molecule has 1 aromatic heterocycles. The molecular weight excluding hydrogens is 189 g/mol. The van der Waals surface area contributed by atoms with E-state index < -0.39 is 6.29 Å². The molecule has 0 aliphatic heterocycles. The van der Waals surface area contributed by atoms with Crippen LogP contribution in [0, 0.1) is 0 Å². The van der Waals surface area contributed by atoms with Crippen LogP contribution in [-0.2, 0) is 0 Å². The van der Waals surface area contributed by atoms with Crippen molar-refractivity contribution in [1.82, 2.24) is 4.98 Å². The van der Waals surface area contributed by atoms with Gasteiger partial charge in [0.15, 0.2) is 6.29 Å². The van der Waals surface area contributed by atoms with Crippen LogP contribution in [0.25, 0.3) is 0 Å². The Morgan fingerprint density at radius 2 is 2.00 bits per heavy atom. The van der Waals surface area contributed by atoms with E-state index in [1.165, 1.54) is 12.3 Å². The Balaban J connectivity index is 3.17. The normalized spacial score (nSPS) is 10.6. The Morgan fingerprint density at radius 1 is 1.36 bits per heavy atom. The zero-order valence-corrected chi connectivity index (χ0v) is 6.84. The van der Waals surface area contributed by atoms with Gasteiger partial charge in [-0.05, 0) is 6.07 Å². The van der Waals surface area contributed by atoms with Crippen LogP contribution < -0.4 is 0 Å². The topological polar surface area (TPSA) is 53.4 Å². The molecule has 0 saturated carbocycles. The number of halogens is 2. The molecule has 0 amide bonds. The van der Waals surface area contributed by atoms with Gasteiger partial charge < -0.3 is 10.2 Å². The molecule has 0 aromatic carbocycles. The molecule has 0 bridgehead atoms. The fourth-order valence-corrected chi connectivity index (χ4v) is 1.01. The van der Waals surface area contributed by atoms with Crippen molar-refractivity contribution in [2.24, 2.45) is 0 Å². The molecule has 0 fully saturated rings. The maximum Gasteiger partial charge on any atom is 0.180 e. The summed E-state index contributed by atoms with van der Waals surface area (Å²) in [5.74, 6) is 0. The fourth-order valence-electron chi connectivity index (χ4n) is 0.631. The van der Waals surface area contributed by atoms with Gasteiger partial charge in [-0.1, -0.05) is 23.2 Å². The van der Waals surface area contributed by atoms with Gasteiger partial charge in [0.05, 0.1) is 5.02 Å². The number of pyridine rings is 1. The van der Waals surface area contributed by atoms with Crippen molar-refractivity contribution in [3.05, 3.63) is 28.0 Å². The van der Waals surface area contributed by atoms with Crippen molar-refractivity contribution < 1.29 is 10.2 Å². The number of hydrogen-bond acceptors (Lipinski definition) is 3. The predicted molar refractivity (Wildman–Crippen MR) is 41.4 cm³/mol. The molecule has 0 spiro atoms. The molecule has 1 rings (SSSR count). The van der Waals surface area contributed by atoms with E-state index in [0.29, 0.717) is 0 Å². The minimum Gasteiger partial charge on any atom is -0.364 e. The van der Waals surface area contributed by atoms with Gasteiger partial charge >= 0.3 is 0 Å². The van der Waals surface area contributed by atoms with Gasteiger partial charge in [0.1, 0.15) is 5.15 Å². The Labute approximate surface area is 73.2 Å². The van der Waals surface area contributed by atoms with Crippen LogP contribution in [0.1, 0.15) is 11.9 Å². The second-order valence-corrected chi connectivity index (χ2v) is 2.61. The van der Waals surface area contributed by atoms with Gasteiger partial charge in [0, 0.05) is 11.8 Å². The number of nitrogens with zero attached hydrogens (tertiary/aromatic N) is 1. The first-order valence-electron chi connectivity index (χ1n) is 2.79. The number of aliphatic hydroxyl groups excluding tert-OH is 1. The fraction of sp³-hybridized carbons (Fsp3) is 0.167. The molecular formula is C6H5Cl2NO2. The molecule has 0 radical (unpaired) electrons. The van der Waals surface area contributed by atoms with Crippen molar-refractivity contribution in [2.45, 2.75) is 6.29 Å². The summed E-state index contributed by atoms with van der Waals surface area (Å²) in [5, 5.41) is 17.6. The molecule has 1 aromatic rings. The highest BCUT2D eigenvalue weighted by atomic mass is 35.5. The third kappa shape index (κ3) is 1.81. The summed E-state index contributed by atoms with van der Waals surface area (Å²) in [5.41, 5.74) is 0.159. The van der Waals surface area contributed by atoms with Crippen LogP contribution in [-0.4, -0.2) is 15.2 Å². The van der Waals surface area contributed by atoms with Gasteiger partial charge in [-0.15, -0.1) is 0 Å². The zero-order chi connectivity index (χ0) is 8.43. The van der Waals surface area contributed by atoms with E-state index in [1.54, 1.807) is 0 Å². The highest BCUT2D eigenvalue weighted by Gasteiger charge is 2.10. The predicted octanol–water partition coefficient (Wildman–Crippen LogP) is 1.37. The van der Waals surface area contributed by atoms with Gasteiger partial charge in [0.2, 0.25) is 0 Å². The van der Waals surface area contributed by atoms with Crippen LogP contribution in [0.2, 0.25) is 10.2 Å². The largest absolute Gasteiger partial charge is 0.364 e. The minimum atomic E-state index is -1.61. The Bertz CT molecular complexity index is 265. The maximum atomic E-state index is 8.71. The smallest absolute Gasteiger partial charge is 0.180 e. The van der Waals surface area contributed by atoms with Crippen molar-refractivity contribution in [2.75, 3.05) is 0 Å². The Morgan fingerprint density at radius 3 is 2.45 bits per heavy atom. The average molecular weight is 194 g/mol. The molecule has 0 aliphatic carbocycles. The lowest BCUT2D eigenvalue weighted by Crippen LogP contribution is -1.96. The molecule has 0 atom stereocenters. The first-order valence-corrected chi connectivity index (χ1v) is 3.54. The second kappa shape index (κ2) is 3.36. The van der Waals surface area contributed by atoms with Crippen molar-refractivity contribution in [3.63, 3.8) is 0 Å². The van der Waals surface area contributed by atoms with Crippen molar-refractivity contribution in [3.8, 4) is 0 Å². The average Bonchev–Trinajstić information content (AvgIpc) is 1.94. The summed E-state index contributed by atoms with van der Waals surface area (Å²) in [7, 11) is 0. The molecule has 0 aliphatic rings. The highest BCUT2D eigenvalue weighted by Crippen LogP contribution is 2.26. The SMILES string of the molecule is OC(O)c1ccnc(Cl)c1Cl. The Hall–Kier alpha value is -0.350. The molecule has 5 heteroatoms. The summed E-state index contributed by atoms with van der Waals surface area (Å²) in [6.07, 6.45) is -0.258. The highest BCUT2D eigenvalue weighted by molar-refractivity contribution is 6.41. The summed E-state index contributed by atoms with van der Waals surface area (Å²) < 4.78 is 0. The van der Waals surface area contributed by atoms with Crippen LogP contribution in [0.3, 0.4) is 0 Å². The number of aromatic nitrogens is 1. The van der Waals surface area contributed by atoms with E-state index >= 15 is 0 Å². The van der Waals surface area contributed by atoms with E-state index in [1.807, 2.05) is 0 Å². The quantitative estimate of drug-likeness (QED) is 0.524. The van der Waals surface area contributed by atoms with Crippen molar-refractivity contribution >= 4 is 23.2 Å². The number of hydrogen-bond donors (Lipinski definition) is 2. The summed E-state index contributed by atoms with van der Waals surface area (Å²) in [6, 6.07) is 1.39. The van der Waals surface area contributed by atoms with Gasteiger partial charge in [-0.2, -0.15) is 0 Å². The lowest BCUT2D eigenvalue weighted by molar-refractivity contribution is -0.0424. The minimum absolute atomic E-state index is 0.0669. The first kappa shape index (κ1) is 8.74. The molecule has 0 unspecified atom stereocenters. The van der Waals surface area contributed by atoms with E-state index in [-0.39, 0.29) is 15.7 Å². The molecule has 0 saturated heterocycles. The lowest BCUT2D eigenvalue weighted by atomic mass is 10.2. The van der Waals surface area contributed by atoms with Gasteiger partial charge in [0.25, 0.3) is 0 Å². The van der Waals surface area contributed by atoms with Crippen LogP contribution in [0.4, 0.5) is 0 Å². The van der Waals surface area contributed by atoms with Gasteiger partial charge in [-0.25, -0.2) is 4.98 Å². The summed E-state index contributed by atoms with van der Waals surface area (Å²) in [6.45, 7) is 0. The zero-order valence-electron chi connectivity index (χ0n) is 5.33. The van der Waals surface area contributed by atoms with Crippen molar-refractivity contribution in [1.29, 1.82) is 0 Å². The molecule has 60 valence electrons. The standard InChI is InChI=1S/C6H5Cl2NO2/c7-4-3(6(10)11)1-2-9-5(4)8/h1-2,6,10-11H. The Kier molecular flexibility index (Phi) is 2.67. The molecule has 1 heterocycles. The van der Waals surface area contributed by atoms with E-state index in [9.17, 15) is 0 Å². The van der Waals surface area contributed by atoms with E-state index in [0.717, 1.165) is 0 Å². The molecule has 3 nitrogen and oxygen atoms in total. The first-order chi connectivity index (χ1) is 5.13. The lowest BCUT2D eigenvalue weighted by Gasteiger charge is -2.05. The van der Waals surface area contributed by atoms with E-state index in [4.69, 9.17) is 33.4 Å². The molecule has 2 N–H and O–H groups in total. The monoisotopic (exact) mass is 193 g/mol. The third-order valence-electron chi connectivity index (χ3n) is 1.15. The van der Waals surface area contributed by atoms with Gasteiger partial charge in [-0.3, -0.25) is 0 Å². The number of aliphatic hydroxyl groups is 2. The third-order valence-corrected chi connectivity index (χ3v) is 1.94. The van der Waals surface area contributed by atoms with Crippen LogP contribution >= 0.6 is 23.2 Å². The van der Waals surface area contributed by atoms with E-state index in [2.05, 4.69) is 4.98 Å². The molecule has 11 heavy (non-hydrogen) atoms. The van der Waals surface area contributed by atoms with Crippen LogP contribution in [0.15, 0.2) is 12.3 Å². The summed E-state index contributed by atoms with van der Waals surface area (Å²) in [4.78, 5) is 3.63. The maximum absolute atomic E-state index is 8.71. The summed E-state index contributed by atoms with van der Waals surface area (Å²) >= 11 is 11.1. The second-order valence-electron chi connectivity index (χ2n) is 1.88. The van der Waals surface area contributed by atoms with Crippen LogP contribution in [0.5, 0.6) is 0 Å². The number of rotatable bonds is 1.